The highest BCUT2D eigenvalue weighted by Gasteiger charge is 2.04. The Bertz CT molecular complexity index is 542. The predicted molar refractivity (Wildman–Crippen MR) is 124 cm³/mol. The van der Waals surface area contributed by atoms with E-state index in [9.17, 15) is 4.79 Å². The van der Waals surface area contributed by atoms with Gasteiger partial charge in [-0.1, -0.05) is 37.3 Å². The maximum atomic E-state index is 11.6. The second-order valence-corrected chi connectivity index (χ2v) is 6.31. The largest absolute Gasteiger partial charge is 0.379 e. The molecule has 0 radical (unpaired) electrons. The minimum atomic E-state index is -0.0218. The molecule has 0 aromatic heterocycles. The zero-order valence-corrected chi connectivity index (χ0v) is 19.6. The summed E-state index contributed by atoms with van der Waals surface area (Å²) in [5.41, 5.74) is 1.17. The summed E-state index contributed by atoms with van der Waals surface area (Å²) < 4.78 is 11.2. The van der Waals surface area contributed by atoms with Crippen LogP contribution in [0.25, 0.3) is 0 Å². The highest BCUT2D eigenvalue weighted by molar-refractivity contribution is 14.0. The number of guanidine groups is 1. The molecule has 0 bridgehead atoms. The third kappa shape index (κ3) is 13.7. The van der Waals surface area contributed by atoms with Crippen LogP contribution in [-0.2, 0) is 20.9 Å². The van der Waals surface area contributed by atoms with E-state index in [0.29, 0.717) is 32.4 Å². The van der Waals surface area contributed by atoms with Gasteiger partial charge in [-0.05, 0) is 18.4 Å². The van der Waals surface area contributed by atoms with E-state index in [2.05, 4.69) is 22.5 Å². The molecule has 28 heavy (non-hydrogen) atoms. The van der Waals surface area contributed by atoms with Crippen molar-refractivity contribution in [2.75, 3.05) is 53.6 Å². The van der Waals surface area contributed by atoms with Gasteiger partial charge in [0.05, 0.1) is 19.8 Å². The number of halogens is 1. The lowest BCUT2D eigenvalue weighted by Crippen LogP contribution is -2.39. The molecule has 160 valence electrons. The van der Waals surface area contributed by atoms with Crippen LogP contribution < -0.4 is 10.6 Å². The van der Waals surface area contributed by atoms with E-state index in [1.54, 1.807) is 14.1 Å². The van der Waals surface area contributed by atoms with Gasteiger partial charge in [-0.15, -0.1) is 24.0 Å². The SMILES string of the molecule is CCCNC(=NCC(=O)N(C)C)NCCCOCCOCc1ccccc1.I. The Morgan fingerprint density at radius 3 is 2.39 bits per heavy atom. The summed E-state index contributed by atoms with van der Waals surface area (Å²) >= 11 is 0. The van der Waals surface area contributed by atoms with Crippen molar-refractivity contribution in [2.24, 2.45) is 4.99 Å². The molecule has 8 heteroatoms. The molecule has 0 spiro atoms. The number of amides is 1. The van der Waals surface area contributed by atoms with Crippen molar-refractivity contribution in [1.82, 2.24) is 15.5 Å². The number of likely N-dealkylation sites (N-methyl/N-ethyl adjacent to an activating group) is 1. The molecule has 0 atom stereocenters. The van der Waals surface area contributed by atoms with Gasteiger partial charge in [0.15, 0.2) is 5.96 Å². The molecule has 1 aromatic carbocycles. The Morgan fingerprint density at radius 2 is 1.71 bits per heavy atom. The summed E-state index contributed by atoms with van der Waals surface area (Å²) in [6, 6.07) is 10.1. The zero-order valence-electron chi connectivity index (χ0n) is 17.3. The van der Waals surface area contributed by atoms with Crippen LogP contribution in [0.15, 0.2) is 35.3 Å². The Labute approximate surface area is 186 Å². The number of benzene rings is 1. The second kappa shape index (κ2) is 17.7. The summed E-state index contributed by atoms with van der Waals surface area (Å²) in [5.74, 6) is 0.643. The third-order valence-corrected chi connectivity index (χ3v) is 3.66. The second-order valence-electron chi connectivity index (χ2n) is 6.31. The molecule has 0 saturated heterocycles. The number of ether oxygens (including phenoxy) is 2. The number of hydrogen-bond donors (Lipinski definition) is 2. The van der Waals surface area contributed by atoms with Crippen molar-refractivity contribution in [3.63, 3.8) is 0 Å². The van der Waals surface area contributed by atoms with E-state index in [4.69, 9.17) is 9.47 Å². The number of hydrogen-bond acceptors (Lipinski definition) is 4. The van der Waals surface area contributed by atoms with Gasteiger partial charge < -0.3 is 25.0 Å². The van der Waals surface area contributed by atoms with Gasteiger partial charge in [-0.3, -0.25) is 4.79 Å². The third-order valence-electron chi connectivity index (χ3n) is 3.66. The summed E-state index contributed by atoms with van der Waals surface area (Å²) in [7, 11) is 3.46. The molecule has 7 nitrogen and oxygen atoms in total. The quantitative estimate of drug-likeness (QED) is 0.186. The van der Waals surface area contributed by atoms with E-state index in [-0.39, 0.29) is 36.4 Å². The van der Waals surface area contributed by atoms with Gasteiger partial charge in [0.1, 0.15) is 6.54 Å². The lowest BCUT2D eigenvalue weighted by atomic mass is 10.2. The minimum Gasteiger partial charge on any atom is -0.379 e. The summed E-state index contributed by atoms with van der Waals surface area (Å²) in [4.78, 5) is 17.5. The number of carbonyl (C=O) groups excluding carboxylic acids is 1. The number of carbonyl (C=O) groups is 1. The maximum Gasteiger partial charge on any atom is 0.243 e. The predicted octanol–water partition coefficient (Wildman–Crippen LogP) is 2.26. The molecule has 0 aliphatic carbocycles. The van der Waals surface area contributed by atoms with Crippen LogP contribution in [-0.4, -0.2) is 70.3 Å². The standard InChI is InChI=1S/C20H34N4O3.HI/c1-4-11-21-20(23-16-19(25)24(2)3)22-12-8-13-26-14-15-27-17-18-9-6-5-7-10-18;/h5-7,9-10H,4,8,11-17H2,1-3H3,(H2,21,22,23);1H. The molecular weight excluding hydrogens is 471 g/mol. The normalized spacial score (nSPS) is 10.9. The Morgan fingerprint density at radius 1 is 1.04 bits per heavy atom. The van der Waals surface area contributed by atoms with Crippen LogP contribution in [0.3, 0.4) is 0 Å². The van der Waals surface area contributed by atoms with Gasteiger partial charge in [0.25, 0.3) is 0 Å². The fraction of sp³-hybridized carbons (Fsp3) is 0.600. The number of nitrogens with one attached hydrogen (secondary N) is 2. The van der Waals surface area contributed by atoms with E-state index in [1.165, 1.54) is 10.5 Å². The van der Waals surface area contributed by atoms with Crippen LogP contribution in [0.1, 0.15) is 25.3 Å². The average molecular weight is 506 g/mol. The molecule has 0 aliphatic rings. The lowest BCUT2D eigenvalue weighted by Gasteiger charge is -2.13. The molecule has 0 unspecified atom stereocenters. The molecule has 1 aromatic rings. The first kappa shape index (κ1) is 26.6. The molecule has 0 fully saturated rings. The van der Waals surface area contributed by atoms with Crippen molar-refractivity contribution in [3.05, 3.63) is 35.9 Å². The maximum absolute atomic E-state index is 11.6. The Balaban J connectivity index is 0.00000729. The number of aliphatic imine (C=N–C) groups is 1. The number of rotatable bonds is 13. The van der Waals surface area contributed by atoms with Crippen LogP contribution in [0.4, 0.5) is 0 Å². The monoisotopic (exact) mass is 506 g/mol. The van der Waals surface area contributed by atoms with Crippen LogP contribution in [0.2, 0.25) is 0 Å². The van der Waals surface area contributed by atoms with Crippen LogP contribution in [0.5, 0.6) is 0 Å². The molecule has 0 heterocycles. The van der Waals surface area contributed by atoms with Crippen molar-refractivity contribution in [2.45, 2.75) is 26.4 Å². The van der Waals surface area contributed by atoms with Gasteiger partial charge in [-0.25, -0.2) is 4.99 Å². The van der Waals surface area contributed by atoms with Crippen molar-refractivity contribution in [3.8, 4) is 0 Å². The topological polar surface area (TPSA) is 75.2 Å². The Hall–Kier alpha value is -1.39. The van der Waals surface area contributed by atoms with Gasteiger partial charge in [0, 0.05) is 33.8 Å². The average Bonchev–Trinajstić information content (AvgIpc) is 2.68. The smallest absolute Gasteiger partial charge is 0.243 e. The van der Waals surface area contributed by atoms with Crippen LogP contribution in [0, 0.1) is 0 Å². The molecular formula is C20H35IN4O3. The number of nitrogens with zero attached hydrogens (tertiary/aromatic N) is 2. The highest BCUT2D eigenvalue weighted by Crippen LogP contribution is 2.00. The first-order valence-corrected chi connectivity index (χ1v) is 9.55. The Kier molecular flexibility index (Phi) is 16.8. The minimum absolute atomic E-state index is 0. The molecule has 1 amide bonds. The van der Waals surface area contributed by atoms with Gasteiger partial charge in [0.2, 0.25) is 5.91 Å². The molecule has 1 rings (SSSR count). The first-order valence-electron chi connectivity index (χ1n) is 9.55. The lowest BCUT2D eigenvalue weighted by molar-refractivity contribution is -0.127. The zero-order chi connectivity index (χ0) is 19.7. The van der Waals surface area contributed by atoms with E-state index in [0.717, 1.165) is 25.9 Å². The van der Waals surface area contributed by atoms with Crippen molar-refractivity contribution in [1.29, 1.82) is 0 Å². The molecule has 2 N–H and O–H groups in total. The van der Waals surface area contributed by atoms with Gasteiger partial charge in [-0.2, -0.15) is 0 Å². The first-order chi connectivity index (χ1) is 13.1. The van der Waals surface area contributed by atoms with E-state index in [1.807, 2.05) is 30.3 Å². The summed E-state index contributed by atoms with van der Waals surface area (Å²) in [5, 5.41) is 6.43. The van der Waals surface area contributed by atoms with E-state index >= 15 is 0 Å². The summed E-state index contributed by atoms with van der Waals surface area (Å²) in [6.45, 7) is 6.21. The van der Waals surface area contributed by atoms with Gasteiger partial charge >= 0.3 is 0 Å². The van der Waals surface area contributed by atoms with Crippen molar-refractivity contribution >= 4 is 35.8 Å². The highest BCUT2D eigenvalue weighted by atomic mass is 127. The van der Waals surface area contributed by atoms with Crippen LogP contribution >= 0.6 is 24.0 Å². The van der Waals surface area contributed by atoms with E-state index < -0.39 is 0 Å². The van der Waals surface area contributed by atoms with Crippen molar-refractivity contribution < 1.29 is 14.3 Å². The summed E-state index contributed by atoms with van der Waals surface area (Å²) in [6.07, 6.45) is 1.85. The molecule has 0 saturated carbocycles. The fourth-order valence-electron chi connectivity index (χ4n) is 2.07. The fourth-order valence-corrected chi connectivity index (χ4v) is 2.07. The molecule has 0 aliphatic heterocycles.